The van der Waals surface area contributed by atoms with Gasteiger partial charge in [-0.15, -0.1) is 0 Å². The van der Waals surface area contributed by atoms with Gasteiger partial charge in [0.1, 0.15) is 0 Å². The Morgan fingerprint density at radius 1 is 1.07 bits per heavy atom. The van der Waals surface area contributed by atoms with Gasteiger partial charge in [-0.05, 0) is 20.4 Å². The van der Waals surface area contributed by atoms with Crippen LogP contribution < -0.4 is 0 Å². The third-order valence-electron chi connectivity index (χ3n) is 1.23. The van der Waals surface area contributed by atoms with E-state index in [0.29, 0.717) is 0 Å². The van der Waals surface area contributed by atoms with Crippen molar-refractivity contribution >= 4 is 21.2 Å². The van der Waals surface area contributed by atoms with Crippen molar-refractivity contribution in [3.63, 3.8) is 0 Å². The lowest BCUT2D eigenvalue weighted by Gasteiger charge is -2.10. The second kappa shape index (κ2) is 6.15. The van der Waals surface area contributed by atoms with E-state index in [9.17, 15) is 9.59 Å². The number of hydrogen-bond acceptors (Lipinski definition) is 5. The minimum absolute atomic E-state index is 0.211. The normalized spacial score (nSPS) is 11.4. The van der Waals surface area contributed by atoms with Gasteiger partial charge in [0.15, 0.2) is 0 Å². The summed E-state index contributed by atoms with van der Waals surface area (Å²) in [6.45, 7) is 11.3. The molecule has 0 amide bonds. The van der Waals surface area contributed by atoms with Crippen molar-refractivity contribution in [2.24, 2.45) is 0 Å². The summed E-state index contributed by atoms with van der Waals surface area (Å²) in [5.41, 5.74) is 0.478. The molecule has 0 aromatic heterocycles. The summed E-state index contributed by atoms with van der Waals surface area (Å²) in [5, 5.41) is 0. The minimum atomic E-state index is -2.31. The maximum absolute atomic E-state index is 11.0. The van der Waals surface area contributed by atoms with Crippen LogP contribution in [-0.2, 0) is 23.5 Å². The second-order valence-electron chi connectivity index (χ2n) is 3.00. The van der Waals surface area contributed by atoms with Crippen molar-refractivity contribution in [3.8, 4) is 0 Å². The molecule has 1 atom stereocenters. The van der Waals surface area contributed by atoms with Gasteiger partial charge >= 0.3 is 21.2 Å². The molecule has 0 bridgehead atoms. The Morgan fingerprint density at radius 2 is 1.53 bits per heavy atom. The molecule has 0 saturated carbocycles. The third kappa shape index (κ3) is 5.81. The summed E-state index contributed by atoms with van der Waals surface area (Å²) >= 11 is 0. The zero-order chi connectivity index (χ0) is 12.0. The first-order valence-corrected chi connectivity index (χ1v) is 6.34. The van der Waals surface area contributed by atoms with Crippen molar-refractivity contribution in [2.45, 2.75) is 20.4 Å². The van der Waals surface area contributed by atoms with Crippen LogP contribution in [0.5, 0.6) is 0 Å². The number of carbonyl (C=O) groups excluding carboxylic acids is 2. The van der Waals surface area contributed by atoms with Crippen LogP contribution in [0.15, 0.2) is 24.3 Å². The molecule has 0 spiro atoms. The topological polar surface area (TPSA) is 61.8 Å². The molecule has 0 N–H and O–H groups in total. The number of carbonyl (C=O) groups is 2. The van der Waals surface area contributed by atoms with Crippen molar-refractivity contribution in [2.75, 3.05) is 0 Å². The van der Waals surface area contributed by atoms with E-state index in [0.717, 1.165) is 0 Å². The van der Waals surface area contributed by atoms with E-state index in [1.165, 1.54) is 13.8 Å². The highest BCUT2D eigenvalue weighted by Gasteiger charge is 2.16. The first-order chi connectivity index (χ1) is 6.84. The molecule has 0 aliphatic carbocycles. The lowest BCUT2D eigenvalue weighted by molar-refractivity contribution is -0.218. The van der Waals surface area contributed by atoms with Crippen LogP contribution >= 0.6 is 0 Å². The highest BCUT2D eigenvalue weighted by molar-refractivity contribution is 6.45. The standard InChI is InChI=1S/C9H14O5Si/c1-6(2)8(10)12-14-15(5)13-9(11)7(3)4/h15H,1,3H2,2,4-5H3. The molecular weight excluding hydrogens is 216 g/mol. The predicted molar refractivity (Wildman–Crippen MR) is 55.9 cm³/mol. The average molecular weight is 230 g/mol. The maximum atomic E-state index is 11.0. The fourth-order valence-electron chi connectivity index (χ4n) is 0.454. The largest absolute Gasteiger partial charge is 0.491 e. The third-order valence-corrected chi connectivity index (χ3v) is 2.14. The molecule has 15 heavy (non-hydrogen) atoms. The van der Waals surface area contributed by atoms with Crippen LogP contribution in [0.2, 0.25) is 6.55 Å². The molecule has 5 nitrogen and oxygen atoms in total. The predicted octanol–water partition coefficient (Wildman–Crippen LogP) is 1.01. The molecule has 6 heteroatoms. The van der Waals surface area contributed by atoms with Gasteiger partial charge in [-0.25, -0.2) is 9.59 Å². The van der Waals surface area contributed by atoms with E-state index in [4.69, 9.17) is 4.43 Å². The lowest BCUT2D eigenvalue weighted by Crippen LogP contribution is -2.25. The smallest absolute Gasteiger partial charge is 0.430 e. The van der Waals surface area contributed by atoms with Gasteiger partial charge in [0, 0.05) is 11.1 Å². The van der Waals surface area contributed by atoms with Crippen LogP contribution in [-0.4, -0.2) is 21.2 Å². The molecule has 0 fully saturated rings. The van der Waals surface area contributed by atoms with E-state index in [2.05, 4.69) is 22.6 Å². The second-order valence-corrected chi connectivity index (χ2v) is 4.56. The van der Waals surface area contributed by atoms with Gasteiger partial charge in [-0.1, -0.05) is 13.2 Å². The molecule has 0 aliphatic heterocycles. The minimum Gasteiger partial charge on any atom is -0.491 e. The average Bonchev–Trinajstić information content (AvgIpc) is 2.13. The Kier molecular flexibility index (Phi) is 5.57. The molecule has 84 valence electrons. The van der Waals surface area contributed by atoms with Gasteiger partial charge in [0.05, 0.1) is 0 Å². The molecule has 1 unspecified atom stereocenters. The molecule has 0 rings (SSSR count). The Morgan fingerprint density at radius 3 is 1.93 bits per heavy atom. The molecule has 0 heterocycles. The van der Waals surface area contributed by atoms with Gasteiger partial charge in [-0.2, -0.15) is 4.58 Å². The van der Waals surface area contributed by atoms with Crippen LogP contribution in [0.25, 0.3) is 0 Å². The van der Waals surface area contributed by atoms with E-state index < -0.39 is 21.2 Å². The van der Waals surface area contributed by atoms with Gasteiger partial charge < -0.3 is 9.31 Å². The monoisotopic (exact) mass is 230 g/mol. The Hall–Kier alpha value is -1.40. The first-order valence-electron chi connectivity index (χ1n) is 4.24. The van der Waals surface area contributed by atoms with E-state index in [1.807, 2.05) is 0 Å². The van der Waals surface area contributed by atoms with Crippen LogP contribution in [0.1, 0.15) is 13.8 Å². The summed E-state index contributed by atoms with van der Waals surface area (Å²) in [5.74, 6) is -1.23. The number of hydrogen-bond donors (Lipinski definition) is 0. The van der Waals surface area contributed by atoms with E-state index in [-0.39, 0.29) is 11.1 Å². The fraction of sp³-hybridized carbons (Fsp3) is 0.333. The Bertz CT molecular complexity index is 297. The molecule has 0 saturated heterocycles. The summed E-state index contributed by atoms with van der Waals surface area (Å²) in [7, 11) is -2.31. The van der Waals surface area contributed by atoms with Crippen molar-refractivity contribution in [1.82, 2.24) is 0 Å². The van der Waals surface area contributed by atoms with Crippen LogP contribution in [0, 0.1) is 0 Å². The van der Waals surface area contributed by atoms with Crippen molar-refractivity contribution in [1.29, 1.82) is 0 Å². The molecule has 0 aliphatic rings. The quantitative estimate of drug-likeness (QED) is 0.305. The summed E-state index contributed by atoms with van der Waals surface area (Å²) in [6, 6.07) is 0. The van der Waals surface area contributed by atoms with Gasteiger partial charge in [0.25, 0.3) is 0 Å². The molecule has 0 radical (unpaired) electrons. The van der Waals surface area contributed by atoms with Gasteiger partial charge in [-0.3, -0.25) is 0 Å². The Labute approximate surface area is 90.1 Å². The van der Waals surface area contributed by atoms with E-state index in [1.54, 1.807) is 6.55 Å². The molecule has 0 aromatic carbocycles. The zero-order valence-corrected chi connectivity index (χ0v) is 10.2. The lowest BCUT2D eigenvalue weighted by atomic mass is 10.4. The van der Waals surface area contributed by atoms with Gasteiger partial charge in [0.2, 0.25) is 0 Å². The van der Waals surface area contributed by atoms with E-state index >= 15 is 0 Å². The fourth-order valence-corrected chi connectivity index (χ4v) is 1.22. The molecular formula is C9H14O5Si. The zero-order valence-electron chi connectivity index (χ0n) is 9.03. The molecule has 0 aromatic rings. The SMILES string of the molecule is C=C(C)C(=O)OO[SiH](C)OC(=O)C(=C)C. The maximum Gasteiger partial charge on any atom is 0.430 e. The number of rotatable bonds is 5. The highest BCUT2D eigenvalue weighted by Crippen LogP contribution is 1.99. The van der Waals surface area contributed by atoms with Crippen LogP contribution in [0.3, 0.4) is 0 Å². The summed E-state index contributed by atoms with van der Waals surface area (Å²) < 4.78 is 9.44. The van der Waals surface area contributed by atoms with Crippen molar-refractivity contribution < 1.29 is 23.5 Å². The van der Waals surface area contributed by atoms with Crippen LogP contribution in [0.4, 0.5) is 0 Å². The Balaban J connectivity index is 3.90. The highest BCUT2D eigenvalue weighted by atomic mass is 28.3. The first kappa shape index (κ1) is 13.6. The van der Waals surface area contributed by atoms with Crippen molar-refractivity contribution in [3.05, 3.63) is 24.3 Å². The summed E-state index contributed by atoms with van der Waals surface area (Å²) in [6.07, 6.45) is 0. The summed E-state index contributed by atoms with van der Waals surface area (Å²) in [4.78, 5) is 26.3.